The highest BCUT2D eigenvalue weighted by atomic mass is 32.2. The molecule has 0 saturated carbocycles. The molecular formula is C25H28N2O6S. The lowest BCUT2D eigenvalue weighted by atomic mass is 10.2. The van der Waals surface area contributed by atoms with E-state index in [-0.39, 0.29) is 23.7 Å². The summed E-state index contributed by atoms with van der Waals surface area (Å²) >= 11 is 0. The van der Waals surface area contributed by atoms with Crippen LogP contribution in [-0.2, 0) is 14.8 Å². The highest BCUT2D eigenvalue weighted by Gasteiger charge is 2.29. The zero-order valence-corrected chi connectivity index (χ0v) is 20.2. The Kier molecular flexibility index (Phi) is 8.37. The molecule has 8 nitrogen and oxygen atoms in total. The molecule has 0 spiro atoms. The van der Waals surface area contributed by atoms with E-state index in [4.69, 9.17) is 14.2 Å². The van der Waals surface area contributed by atoms with Crippen LogP contribution >= 0.6 is 0 Å². The Morgan fingerprint density at radius 2 is 1.65 bits per heavy atom. The molecule has 3 rings (SSSR count). The molecule has 9 heteroatoms. The summed E-state index contributed by atoms with van der Waals surface area (Å²) in [6.45, 7) is 1.82. The third-order valence-corrected chi connectivity index (χ3v) is 6.73. The predicted molar refractivity (Wildman–Crippen MR) is 130 cm³/mol. The molecule has 0 heterocycles. The number of sulfonamides is 1. The van der Waals surface area contributed by atoms with Gasteiger partial charge in [0.1, 0.15) is 30.4 Å². The molecule has 0 unspecified atom stereocenters. The molecule has 0 saturated heterocycles. The van der Waals surface area contributed by atoms with Crippen LogP contribution < -0.4 is 23.8 Å². The highest BCUT2D eigenvalue weighted by molar-refractivity contribution is 7.92. The van der Waals surface area contributed by atoms with Gasteiger partial charge < -0.3 is 19.5 Å². The summed E-state index contributed by atoms with van der Waals surface area (Å²) < 4.78 is 44.2. The fourth-order valence-electron chi connectivity index (χ4n) is 3.25. The second-order valence-corrected chi connectivity index (χ2v) is 9.24. The van der Waals surface area contributed by atoms with E-state index >= 15 is 0 Å². The van der Waals surface area contributed by atoms with Crippen molar-refractivity contribution in [1.82, 2.24) is 5.32 Å². The number of methoxy groups -OCH3 is 2. The van der Waals surface area contributed by atoms with Crippen molar-refractivity contribution in [3.63, 3.8) is 0 Å². The maximum Gasteiger partial charge on any atom is 0.264 e. The Balaban J connectivity index is 1.75. The minimum absolute atomic E-state index is 0.0766. The Morgan fingerprint density at radius 3 is 2.35 bits per heavy atom. The largest absolute Gasteiger partial charge is 0.497 e. The number of amides is 1. The van der Waals surface area contributed by atoms with Crippen LogP contribution in [0.15, 0.2) is 77.7 Å². The lowest BCUT2D eigenvalue weighted by Crippen LogP contribution is -2.42. The molecular weight excluding hydrogens is 456 g/mol. The SMILES string of the molecule is COc1cccc(OCCNC(=O)CN(c2cc(C)ccc2OC)S(=O)(=O)c2ccccc2)c1. The Morgan fingerprint density at radius 1 is 0.912 bits per heavy atom. The number of rotatable bonds is 11. The fraction of sp³-hybridized carbons (Fsp3) is 0.240. The van der Waals surface area contributed by atoms with E-state index in [1.165, 1.54) is 19.2 Å². The number of carbonyl (C=O) groups excluding carboxylic acids is 1. The lowest BCUT2D eigenvalue weighted by Gasteiger charge is -2.26. The molecule has 1 amide bonds. The van der Waals surface area contributed by atoms with Gasteiger partial charge in [0, 0.05) is 6.07 Å². The Hall–Kier alpha value is -3.72. The number of nitrogens with zero attached hydrogens (tertiary/aromatic N) is 1. The average Bonchev–Trinajstić information content (AvgIpc) is 2.85. The quantitative estimate of drug-likeness (QED) is 0.419. The predicted octanol–water partition coefficient (Wildman–Crippen LogP) is 3.40. The lowest BCUT2D eigenvalue weighted by molar-refractivity contribution is -0.119. The summed E-state index contributed by atoms with van der Waals surface area (Å²) in [6.07, 6.45) is 0. The van der Waals surface area contributed by atoms with Crippen molar-refractivity contribution in [2.24, 2.45) is 0 Å². The first kappa shape index (κ1) is 24.9. The maximum atomic E-state index is 13.5. The molecule has 0 atom stereocenters. The third-order valence-electron chi connectivity index (χ3n) is 4.96. The van der Waals surface area contributed by atoms with Crippen molar-refractivity contribution >= 4 is 21.6 Å². The van der Waals surface area contributed by atoms with E-state index in [1.54, 1.807) is 61.7 Å². The third kappa shape index (κ3) is 6.20. The number of carbonyl (C=O) groups is 1. The Bertz CT molecular complexity index is 1220. The summed E-state index contributed by atoms with van der Waals surface area (Å²) in [7, 11) is -1.01. The number of nitrogens with one attached hydrogen (secondary N) is 1. The highest BCUT2D eigenvalue weighted by Crippen LogP contribution is 2.33. The molecule has 0 aliphatic carbocycles. The second-order valence-electron chi connectivity index (χ2n) is 7.38. The van der Waals surface area contributed by atoms with Gasteiger partial charge in [0.05, 0.1) is 31.3 Å². The molecule has 0 aliphatic heterocycles. The molecule has 3 aromatic carbocycles. The van der Waals surface area contributed by atoms with E-state index in [1.807, 2.05) is 13.0 Å². The second kappa shape index (κ2) is 11.4. The van der Waals surface area contributed by atoms with Gasteiger partial charge in [0.15, 0.2) is 0 Å². The van der Waals surface area contributed by atoms with Gasteiger partial charge in [-0.2, -0.15) is 0 Å². The van der Waals surface area contributed by atoms with Crippen LogP contribution in [0, 0.1) is 6.92 Å². The molecule has 0 fully saturated rings. The van der Waals surface area contributed by atoms with E-state index in [9.17, 15) is 13.2 Å². The minimum Gasteiger partial charge on any atom is -0.497 e. The number of benzene rings is 3. The van der Waals surface area contributed by atoms with Gasteiger partial charge in [-0.15, -0.1) is 0 Å². The van der Waals surface area contributed by atoms with Gasteiger partial charge in [0.25, 0.3) is 10.0 Å². The molecule has 0 aliphatic rings. The molecule has 3 aromatic rings. The van der Waals surface area contributed by atoms with Crippen LogP contribution in [0.4, 0.5) is 5.69 Å². The number of hydrogen-bond donors (Lipinski definition) is 1. The Labute approximate surface area is 200 Å². The maximum absolute atomic E-state index is 13.5. The van der Waals surface area contributed by atoms with Crippen molar-refractivity contribution in [2.45, 2.75) is 11.8 Å². The molecule has 0 bridgehead atoms. The molecule has 0 aromatic heterocycles. The molecule has 180 valence electrons. The number of ether oxygens (including phenoxy) is 3. The number of hydrogen-bond acceptors (Lipinski definition) is 6. The van der Waals surface area contributed by atoms with Crippen LogP contribution in [0.1, 0.15) is 5.56 Å². The van der Waals surface area contributed by atoms with Gasteiger partial charge >= 0.3 is 0 Å². The number of anilines is 1. The van der Waals surface area contributed by atoms with E-state index in [0.717, 1.165) is 9.87 Å². The van der Waals surface area contributed by atoms with E-state index in [0.29, 0.717) is 17.2 Å². The molecule has 34 heavy (non-hydrogen) atoms. The number of aryl methyl sites for hydroxylation is 1. The first-order valence-electron chi connectivity index (χ1n) is 10.6. The van der Waals surface area contributed by atoms with Gasteiger partial charge in [-0.05, 0) is 48.9 Å². The first-order valence-corrected chi connectivity index (χ1v) is 12.0. The summed E-state index contributed by atoms with van der Waals surface area (Å²) in [5, 5.41) is 2.72. The average molecular weight is 485 g/mol. The zero-order valence-electron chi connectivity index (χ0n) is 19.4. The summed E-state index contributed by atoms with van der Waals surface area (Å²) in [5.41, 5.74) is 1.12. The van der Waals surface area contributed by atoms with E-state index < -0.39 is 22.5 Å². The van der Waals surface area contributed by atoms with Gasteiger partial charge in [-0.25, -0.2) is 8.42 Å². The molecule has 0 radical (unpaired) electrons. The van der Waals surface area contributed by atoms with Crippen LogP contribution in [0.25, 0.3) is 0 Å². The molecule has 1 N–H and O–H groups in total. The van der Waals surface area contributed by atoms with Crippen LogP contribution in [-0.4, -0.2) is 48.2 Å². The summed E-state index contributed by atoms with van der Waals surface area (Å²) in [4.78, 5) is 12.8. The van der Waals surface area contributed by atoms with Crippen molar-refractivity contribution in [3.8, 4) is 17.2 Å². The van der Waals surface area contributed by atoms with E-state index in [2.05, 4.69) is 5.32 Å². The van der Waals surface area contributed by atoms with Gasteiger partial charge in [0.2, 0.25) is 5.91 Å². The first-order chi connectivity index (χ1) is 16.3. The van der Waals surface area contributed by atoms with Crippen LogP contribution in [0.2, 0.25) is 0 Å². The summed E-state index contributed by atoms with van der Waals surface area (Å²) in [6, 6.07) is 20.3. The van der Waals surface area contributed by atoms with Gasteiger partial charge in [-0.3, -0.25) is 9.10 Å². The van der Waals surface area contributed by atoms with Crippen molar-refractivity contribution in [1.29, 1.82) is 0 Å². The minimum atomic E-state index is -4.03. The van der Waals surface area contributed by atoms with Crippen molar-refractivity contribution in [3.05, 3.63) is 78.4 Å². The smallest absolute Gasteiger partial charge is 0.264 e. The fourth-order valence-corrected chi connectivity index (χ4v) is 4.70. The summed E-state index contributed by atoms with van der Waals surface area (Å²) in [5.74, 6) is 1.14. The standard InChI is InChI=1S/C25H28N2O6S/c1-19-12-13-24(32-3)23(16-19)27(34(29,30)22-10-5-4-6-11-22)18-25(28)26-14-15-33-21-9-7-8-20(17-21)31-2/h4-13,16-17H,14-15,18H2,1-3H3,(H,26,28). The normalized spacial score (nSPS) is 10.9. The monoisotopic (exact) mass is 484 g/mol. The zero-order chi connectivity index (χ0) is 24.6. The van der Waals surface area contributed by atoms with Crippen LogP contribution in [0.5, 0.6) is 17.2 Å². The van der Waals surface area contributed by atoms with Crippen molar-refractivity contribution < 1.29 is 27.4 Å². The van der Waals surface area contributed by atoms with Gasteiger partial charge in [-0.1, -0.05) is 30.3 Å². The topological polar surface area (TPSA) is 94.2 Å². The van der Waals surface area contributed by atoms with Crippen LogP contribution in [0.3, 0.4) is 0 Å². The van der Waals surface area contributed by atoms with Crippen molar-refractivity contribution in [2.75, 3.05) is 38.2 Å².